The standard InChI is InChI=1S/C17H16N2O/c1-12-5-4-8-16(15(12)9-18)19-17-11-20-10-13-6-2-3-7-14(13)17/h2-8,17,19H,10-11H2,1H3. The zero-order valence-electron chi connectivity index (χ0n) is 11.4. The molecule has 0 saturated heterocycles. The fraction of sp³-hybridized carbons (Fsp3) is 0.235. The molecular weight excluding hydrogens is 248 g/mol. The zero-order chi connectivity index (χ0) is 13.9. The van der Waals surface area contributed by atoms with Crippen molar-refractivity contribution in [2.75, 3.05) is 11.9 Å². The Balaban J connectivity index is 1.94. The number of nitrogens with zero attached hydrogens (tertiary/aromatic N) is 1. The minimum absolute atomic E-state index is 0.0915. The minimum Gasteiger partial charge on any atom is -0.375 e. The third-order valence-corrected chi connectivity index (χ3v) is 3.69. The van der Waals surface area contributed by atoms with Gasteiger partial charge >= 0.3 is 0 Å². The molecule has 100 valence electrons. The number of hydrogen-bond donors (Lipinski definition) is 1. The monoisotopic (exact) mass is 264 g/mol. The summed E-state index contributed by atoms with van der Waals surface area (Å²) in [6.07, 6.45) is 0. The van der Waals surface area contributed by atoms with Crippen LogP contribution in [0.25, 0.3) is 0 Å². The molecule has 2 aromatic rings. The fourth-order valence-corrected chi connectivity index (χ4v) is 2.63. The Bertz CT molecular complexity index is 673. The summed E-state index contributed by atoms with van der Waals surface area (Å²) in [5.41, 5.74) is 5.03. The van der Waals surface area contributed by atoms with Gasteiger partial charge in [-0.2, -0.15) is 5.26 Å². The Morgan fingerprint density at radius 3 is 2.90 bits per heavy atom. The molecule has 2 aromatic carbocycles. The molecule has 0 radical (unpaired) electrons. The van der Waals surface area contributed by atoms with Gasteiger partial charge in [-0.15, -0.1) is 0 Å². The summed E-state index contributed by atoms with van der Waals surface area (Å²) in [4.78, 5) is 0. The zero-order valence-corrected chi connectivity index (χ0v) is 11.4. The molecule has 3 rings (SSSR count). The van der Waals surface area contributed by atoms with Crippen LogP contribution in [-0.2, 0) is 11.3 Å². The molecule has 1 aliphatic heterocycles. The largest absolute Gasteiger partial charge is 0.375 e. The average Bonchev–Trinajstić information content (AvgIpc) is 2.48. The quantitative estimate of drug-likeness (QED) is 0.902. The summed E-state index contributed by atoms with van der Waals surface area (Å²) in [5.74, 6) is 0. The van der Waals surface area contributed by atoms with E-state index in [1.54, 1.807) is 0 Å². The third kappa shape index (κ3) is 2.26. The lowest BCUT2D eigenvalue weighted by Gasteiger charge is -2.27. The van der Waals surface area contributed by atoms with Crippen molar-refractivity contribution in [2.45, 2.75) is 19.6 Å². The maximum absolute atomic E-state index is 9.30. The van der Waals surface area contributed by atoms with Gasteiger partial charge in [0.15, 0.2) is 0 Å². The van der Waals surface area contributed by atoms with Crippen LogP contribution in [0.1, 0.15) is 28.3 Å². The molecular formula is C17H16N2O. The van der Waals surface area contributed by atoms with Crippen molar-refractivity contribution in [2.24, 2.45) is 0 Å². The Morgan fingerprint density at radius 2 is 2.05 bits per heavy atom. The first-order valence-corrected chi connectivity index (χ1v) is 6.71. The Labute approximate surface area is 118 Å². The van der Waals surface area contributed by atoms with Crippen molar-refractivity contribution < 1.29 is 4.74 Å². The lowest BCUT2D eigenvalue weighted by Crippen LogP contribution is -2.23. The van der Waals surface area contributed by atoms with E-state index in [-0.39, 0.29) is 6.04 Å². The molecule has 0 bridgehead atoms. The molecule has 0 fully saturated rings. The number of ether oxygens (including phenoxy) is 1. The van der Waals surface area contributed by atoms with Gasteiger partial charge < -0.3 is 10.1 Å². The highest BCUT2D eigenvalue weighted by Gasteiger charge is 2.21. The third-order valence-electron chi connectivity index (χ3n) is 3.69. The summed E-state index contributed by atoms with van der Waals surface area (Å²) in [6, 6.07) is 16.5. The Hall–Kier alpha value is -2.31. The molecule has 0 aliphatic carbocycles. The molecule has 0 saturated carbocycles. The van der Waals surface area contributed by atoms with Crippen LogP contribution in [0.5, 0.6) is 0 Å². The molecule has 20 heavy (non-hydrogen) atoms. The number of nitriles is 1. The lowest BCUT2D eigenvalue weighted by molar-refractivity contribution is 0.0970. The van der Waals surface area contributed by atoms with Crippen LogP contribution in [0.4, 0.5) is 5.69 Å². The van der Waals surface area contributed by atoms with E-state index in [9.17, 15) is 5.26 Å². The summed E-state index contributed by atoms with van der Waals surface area (Å²) in [5, 5.41) is 12.8. The van der Waals surface area contributed by atoms with Crippen LogP contribution in [-0.4, -0.2) is 6.61 Å². The lowest BCUT2D eigenvalue weighted by atomic mass is 9.98. The highest BCUT2D eigenvalue weighted by Crippen LogP contribution is 2.29. The molecule has 1 N–H and O–H groups in total. The number of fused-ring (bicyclic) bond motifs is 1. The second-order valence-corrected chi connectivity index (χ2v) is 5.02. The van der Waals surface area contributed by atoms with E-state index in [1.807, 2.05) is 37.3 Å². The van der Waals surface area contributed by atoms with E-state index in [0.29, 0.717) is 18.8 Å². The Kier molecular flexibility index (Phi) is 3.41. The van der Waals surface area contributed by atoms with Crippen LogP contribution < -0.4 is 5.32 Å². The molecule has 3 heteroatoms. The van der Waals surface area contributed by atoms with Gasteiger partial charge in [0.2, 0.25) is 0 Å². The van der Waals surface area contributed by atoms with E-state index < -0.39 is 0 Å². The Morgan fingerprint density at radius 1 is 1.20 bits per heavy atom. The van der Waals surface area contributed by atoms with Crippen LogP contribution in [0.3, 0.4) is 0 Å². The van der Waals surface area contributed by atoms with Gasteiger partial charge in [0.25, 0.3) is 0 Å². The van der Waals surface area contributed by atoms with Crippen LogP contribution in [0.15, 0.2) is 42.5 Å². The summed E-state index contributed by atoms with van der Waals surface area (Å²) in [6.45, 7) is 3.23. The molecule has 3 nitrogen and oxygen atoms in total. The minimum atomic E-state index is 0.0915. The van der Waals surface area contributed by atoms with Crippen molar-refractivity contribution in [3.05, 3.63) is 64.7 Å². The number of benzene rings is 2. The summed E-state index contributed by atoms with van der Waals surface area (Å²) >= 11 is 0. The average molecular weight is 264 g/mol. The van der Waals surface area contributed by atoms with Crippen molar-refractivity contribution in [3.8, 4) is 6.07 Å². The van der Waals surface area contributed by atoms with E-state index in [1.165, 1.54) is 11.1 Å². The first-order valence-electron chi connectivity index (χ1n) is 6.71. The number of nitrogens with one attached hydrogen (secondary N) is 1. The molecule has 1 atom stereocenters. The maximum Gasteiger partial charge on any atom is 0.102 e. The van der Waals surface area contributed by atoms with Gasteiger partial charge in [-0.3, -0.25) is 0 Å². The van der Waals surface area contributed by atoms with Gasteiger partial charge in [-0.25, -0.2) is 0 Å². The van der Waals surface area contributed by atoms with E-state index in [4.69, 9.17) is 4.74 Å². The van der Waals surface area contributed by atoms with Gasteiger partial charge in [-0.05, 0) is 29.7 Å². The number of hydrogen-bond acceptors (Lipinski definition) is 3. The highest BCUT2D eigenvalue weighted by molar-refractivity contribution is 5.61. The normalized spacial score (nSPS) is 17.1. The first-order chi connectivity index (χ1) is 9.79. The van der Waals surface area contributed by atoms with E-state index >= 15 is 0 Å². The van der Waals surface area contributed by atoms with Gasteiger partial charge in [0, 0.05) is 0 Å². The maximum atomic E-state index is 9.30. The molecule has 1 heterocycles. The van der Waals surface area contributed by atoms with Crippen LogP contribution >= 0.6 is 0 Å². The van der Waals surface area contributed by atoms with E-state index in [2.05, 4.69) is 23.5 Å². The molecule has 1 aliphatic rings. The second kappa shape index (κ2) is 5.36. The van der Waals surface area contributed by atoms with Crippen molar-refractivity contribution in [1.82, 2.24) is 0 Å². The smallest absolute Gasteiger partial charge is 0.102 e. The van der Waals surface area contributed by atoms with Crippen LogP contribution in [0.2, 0.25) is 0 Å². The van der Waals surface area contributed by atoms with Crippen molar-refractivity contribution in [3.63, 3.8) is 0 Å². The first kappa shape index (κ1) is 12.7. The molecule has 0 spiro atoms. The SMILES string of the molecule is Cc1cccc(NC2COCc3ccccc32)c1C#N. The summed E-state index contributed by atoms with van der Waals surface area (Å²) < 4.78 is 5.64. The van der Waals surface area contributed by atoms with Crippen LogP contribution in [0, 0.1) is 18.3 Å². The summed E-state index contributed by atoms with van der Waals surface area (Å²) in [7, 11) is 0. The topological polar surface area (TPSA) is 45.0 Å². The fourth-order valence-electron chi connectivity index (χ4n) is 2.63. The van der Waals surface area contributed by atoms with E-state index in [0.717, 1.165) is 11.3 Å². The number of anilines is 1. The molecule has 0 amide bonds. The second-order valence-electron chi connectivity index (χ2n) is 5.02. The van der Waals surface area contributed by atoms with Crippen molar-refractivity contribution in [1.29, 1.82) is 5.26 Å². The predicted octanol–water partition coefficient (Wildman–Crippen LogP) is 3.55. The van der Waals surface area contributed by atoms with Gasteiger partial charge in [-0.1, -0.05) is 36.4 Å². The van der Waals surface area contributed by atoms with Gasteiger partial charge in [0.05, 0.1) is 30.5 Å². The molecule has 0 aromatic heterocycles. The highest BCUT2D eigenvalue weighted by atomic mass is 16.5. The predicted molar refractivity (Wildman–Crippen MR) is 78.4 cm³/mol. The number of aryl methyl sites for hydroxylation is 1. The number of rotatable bonds is 2. The van der Waals surface area contributed by atoms with Crippen molar-refractivity contribution >= 4 is 5.69 Å². The van der Waals surface area contributed by atoms with Gasteiger partial charge in [0.1, 0.15) is 6.07 Å². The molecule has 1 unspecified atom stereocenters.